The van der Waals surface area contributed by atoms with Gasteiger partial charge in [-0.15, -0.1) is 0 Å². The average molecular weight is 523 g/mol. The summed E-state index contributed by atoms with van der Waals surface area (Å²) < 4.78 is 79.9. The van der Waals surface area contributed by atoms with Crippen molar-refractivity contribution in [1.29, 1.82) is 0 Å². The van der Waals surface area contributed by atoms with Crippen molar-refractivity contribution in [2.45, 2.75) is 55.1 Å². The summed E-state index contributed by atoms with van der Waals surface area (Å²) in [6, 6.07) is 7.09. The molecule has 36 heavy (non-hydrogen) atoms. The van der Waals surface area contributed by atoms with Gasteiger partial charge in [0, 0.05) is 30.2 Å². The lowest BCUT2D eigenvalue weighted by Crippen LogP contribution is -2.42. The van der Waals surface area contributed by atoms with E-state index in [0.717, 1.165) is 25.0 Å². The number of sulfonamides is 1. The number of hydrogen-bond acceptors (Lipinski definition) is 5. The summed E-state index contributed by atoms with van der Waals surface area (Å²) in [5, 5.41) is 9.42. The van der Waals surface area contributed by atoms with Gasteiger partial charge in [-0.3, -0.25) is 4.31 Å². The quantitative estimate of drug-likeness (QED) is 0.590. The van der Waals surface area contributed by atoms with E-state index >= 15 is 0 Å². The first-order chi connectivity index (χ1) is 16.8. The van der Waals surface area contributed by atoms with Gasteiger partial charge in [0.05, 0.1) is 22.8 Å². The second kappa shape index (κ2) is 9.95. The van der Waals surface area contributed by atoms with E-state index in [9.17, 15) is 26.7 Å². The zero-order valence-corrected chi connectivity index (χ0v) is 21.5. The van der Waals surface area contributed by atoms with Crippen molar-refractivity contribution >= 4 is 31.4 Å². The molecule has 2 aliphatic heterocycles. The molecule has 1 atom stereocenters. The van der Waals surface area contributed by atoms with E-state index in [-0.39, 0.29) is 10.6 Å². The number of benzene rings is 2. The summed E-state index contributed by atoms with van der Waals surface area (Å²) in [6.07, 6.45) is -2.04. The standard InChI is InChI=1S/C24H30B2F3NO5S/c1-15-2-3-17-12-18(24(27,28)29)4-6-21(17)30(15)36(32,33)19-5-7-22(20(13-19)23(25,26)31)35-14-16-8-10-34-11-9-16/h4-7,12-13,15-16,31H,2-3,8-11,14,25-26H2,1H3/t15-/m0/s1. The second-order valence-corrected chi connectivity index (χ2v) is 11.9. The molecule has 4 rings (SSSR count). The van der Waals surface area contributed by atoms with Crippen LogP contribution in [0.25, 0.3) is 0 Å². The Balaban J connectivity index is 1.69. The Hall–Kier alpha value is -2.17. The van der Waals surface area contributed by atoms with E-state index in [1.165, 1.54) is 22.5 Å². The molecular weight excluding hydrogens is 493 g/mol. The van der Waals surface area contributed by atoms with Crippen molar-refractivity contribution in [3.05, 3.63) is 53.1 Å². The Morgan fingerprint density at radius 3 is 2.44 bits per heavy atom. The molecule has 2 aromatic carbocycles. The maximum atomic E-state index is 13.8. The smallest absolute Gasteiger partial charge is 0.416 e. The minimum atomic E-state index is -4.51. The maximum Gasteiger partial charge on any atom is 0.416 e. The summed E-state index contributed by atoms with van der Waals surface area (Å²) >= 11 is 0. The second-order valence-electron chi connectivity index (χ2n) is 10.1. The van der Waals surface area contributed by atoms with Gasteiger partial charge in [-0.25, -0.2) is 8.42 Å². The Labute approximate surface area is 211 Å². The minimum Gasteiger partial charge on any atom is -0.493 e. The molecule has 2 heterocycles. The number of rotatable bonds is 6. The van der Waals surface area contributed by atoms with Gasteiger partial charge in [0.1, 0.15) is 21.4 Å². The normalized spacial score (nSPS) is 19.7. The zero-order chi connectivity index (χ0) is 26.3. The van der Waals surface area contributed by atoms with Crippen LogP contribution in [-0.4, -0.2) is 55.1 Å². The number of aliphatic hydroxyl groups is 1. The molecule has 0 radical (unpaired) electrons. The molecule has 0 bridgehead atoms. The molecule has 12 heteroatoms. The molecule has 0 aromatic heterocycles. The van der Waals surface area contributed by atoms with Crippen molar-refractivity contribution in [2.75, 3.05) is 24.1 Å². The van der Waals surface area contributed by atoms with Crippen molar-refractivity contribution in [3.63, 3.8) is 0 Å². The average Bonchev–Trinajstić information content (AvgIpc) is 2.81. The van der Waals surface area contributed by atoms with Gasteiger partial charge in [0.25, 0.3) is 10.0 Å². The van der Waals surface area contributed by atoms with Crippen LogP contribution in [0.5, 0.6) is 5.75 Å². The summed E-state index contributed by atoms with van der Waals surface area (Å²) in [7, 11) is -1.03. The molecule has 0 unspecified atom stereocenters. The van der Waals surface area contributed by atoms with Gasteiger partial charge in [0.15, 0.2) is 0 Å². The molecule has 0 spiro atoms. The Morgan fingerprint density at radius 1 is 1.11 bits per heavy atom. The summed E-state index contributed by atoms with van der Waals surface area (Å²) in [5.41, 5.74) is 0.105. The van der Waals surface area contributed by atoms with E-state index in [1.54, 1.807) is 28.7 Å². The monoisotopic (exact) mass is 523 g/mol. The van der Waals surface area contributed by atoms with Gasteiger partial charge < -0.3 is 14.6 Å². The number of ether oxygens (including phenoxy) is 2. The highest BCUT2D eigenvalue weighted by Gasteiger charge is 2.37. The summed E-state index contributed by atoms with van der Waals surface area (Å²) in [4.78, 5) is -0.0577. The number of anilines is 1. The molecule has 1 saturated heterocycles. The first-order valence-electron chi connectivity index (χ1n) is 12.1. The number of hydrogen-bond donors (Lipinski definition) is 1. The molecule has 0 amide bonds. The van der Waals surface area contributed by atoms with Gasteiger partial charge >= 0.3 is 6.18 Å². The van der Waals surface area contributed by atoms with Crippen LogP contribution >= 0.6 is 0 Å². The molecule has 0 aliphatic carbocycles. The Kier molecular flexibility index (Phi) is 7.43. The van der Waals surface area contributed by atoms with Crippen LogP contribution in [0.3, 0.4) is 0 Å². The lowest BCUT2D eigenvalue weighted by molar-refractivity contribution is -0.137. The molecule has 0 saturated carbocycles. The Morgan fingerprint density at radius 2 is 1.81 bits per heavy atom. The topological polar surface area (TPSA) is 76.1 Å². The van der Waals surface area contributed by atoms with E-state index in [2.05, 4.69) is 0 Å². The van der Waals surface area contributed by atoms with Gasteiger partial charge in [-0.2, -0.15) is 13.2 Å². The third kappa shape index (κ3) is 5.55. The predicted octanol–water partition coefficient (Wildman–Crippen LogP) is 2.41. The summed E-state index contributed by atoms with van der Waals surface area (Å²) in [5.74, 6) is 0.707. The lowest BCUT2D eigenvalue weighted by atomic mass is 9.61. The fourth-order valence-corrected chi connectivity index (χ4v) is 6.52. The van der Waals surface area contributed by atoms with Crippen molar-refractivity contribution in [2.24, 2.45) is 5.92 Å². The molecular formula is C24H30B2F3NO5S. The minimum absolute atomic E-state index is 0.0577. The fraction of sp³-hybridized carbons (Fsp3) is 0.500. The highest BCUT2D eigenvalue weighted by atomic mass is 32.2. The van der Waals surface area contributed by atoms with E-state index in [4.69, 9.17) is 9.47 Å². The SMILES string of the molecule is BC(B)(O)c1cc(S(=O)(=O)N2c3ccc(C(F)(F)F)cc3CC[C@@H]2C)ccc1OCC1CCOCC1. The van der Waals surface area contributed by atoms with Crippen LogP contribution in [0.15, 0.2) is 41.3 Å². The van der Waals surface area contributed by atoms with Crippen molar-refractivity contribution in [3.8, 4) is 5.75 Å². The van der Waals surface area contributed by atoms with E-state index in [1.807, 2.05) is 0 Å². The van der Waals surface area contributed by atoms with Crippen LogP contribution in [0.4, 0.5) is 18.9 Å². The number of alkyl halides is 3. The number of aryl methyl sites for hydroxylation is 1. The molecule has 2 aromatic rings. The molecule has 1 N–H and O–H groups in total. The van der Waals surface area contributed by atoms with Crippen molar-refractivity contribution in [1.82, 2.24) is 0 Å². The zero-order valence-electron chi connectivity index (χ0n) is 20.6. The summed E-state index contributed by atoms with van der Waals surface area (Å²) in [6.45, 7) is 3.50. The molecule has 2 aliphatic rings. The molecule has 1 fully saturated rings. The van der Waals surface area contributed by atoms with Crippen LogP contribution in [0, 0.1) is 5.92 Å². The lowest BCUT2D eigenvalue weighted by Gasteiger charge is -2.36. The highest BCUT2D eigenvalue weighted by Crippen LogP contribution is 2.40. The fourth-order valence-electron chi connectivity index (χ4n) is 4.77. The van der Waals surface area contributed by atoms with E-state index in [0.29, 0.717) is 55.5 Å². The Bertz CT molecular complexity index is 1210. The highest BCUT2D eigenvalue weighted by molar-refractivity contribution is 7.92. The van der Waals surface area contributed by atoms with E-state index < -0.39 is 33.2 Å². The predicted molar refractivity (Wildman–Crippen MR) is 135 cm³/mol. The molecule has 194 valence electrons. The third-order valence-electron chi connectivity index (χ3n) is 6.86. The first-order valence-corrected chi connectivity index (χ1v) is 13.5. The maximum absolute atomic E-state index is 13.8. The largest absolute Gasteiger partial charge is 0.493 e. The van der Waals surface area contributed by atoms with Gasteiger partial charge in [-0.1, -0.05) is 0 Å². The van der Waals surface area contributed by atoms with Gasteiger partial charge in [-0.05, 0) is 80.5 Å². The number of nitrogens with zero attached hydrogens (tertiary/aromatic N) is 1. The van der Waals surface area contributed by atoms with Crippen LogP contribution in [0.1, 0.15) is 42.9 Å². The van der Waals surface area contributed by atoms with Crippen LogP contribution in [0.2, 0.25) is 0 Å². The van der Waals surface area contributed by atoms with Crippen LogP contribution < -0.4 is 9.04 Å². The number of halogens is 3. The van der Waals surface area contributed by atoms with Crippen molar-refractivity contribution < 1.29 is 36.2 Å². The van der Waals surface area contributed by atoms with Crippen LogP contribution in [-0.2, 0) is 32.8 Å². The first kappa shape index (κ1) is 26.9. The third-order valence-corrected chi connectivity index (χ3v) is 8.78. The number of fused-ring (bicyclic) bond motifs is 1. The van der Waals surface area contributed by atoms with Gasteiger partial charge in [0.2, 0.25) is 0 Å². The molecule has 6 nitrogen and oxygen atoms in total.